The molecule has 2 atom stereocenters. The van der Waals surface area contributed by atoms with Crippen LogP contribution < -0.4 is 5.32 Å². The first-order valence-corrected chi connectivity index (χ1v) is 10.5. The molecule has 1 saturated heterocycles. The van der Waals surface area contributed by atoms with E-state index in [1.54, 1.807) is 18.4 Å². The Bertz CT molecular complexity index is 794. The molecule has 2 aliphatic carbocycles. The van der Waals surface area contributed by atoms with Crippen LogP contribution in [0.15, 0.2) is 0 Å². The second-order valence-electron chi connectivity index (χ2n) is 9.43. The minimum Gasteiger partial charge on any atom is -0.301 e. The topological polar surface area (TPSA) is 79.4 Å². The third kappa shape index (κ3) is 2.82. The Hall–Kier alpha value is -1.76. The number of nitrogens with zero attached hydrogens (tertiary/aromatic N) is 2. The summed E-state index contributed by atoms with van der Waals surface area (Å²) in [6.45, 7) is 5.67. The molecule has 2 unspecified atom stereocenters. The van der Waals surface area contributed by atoms with Crippen molar-refractivity contribution in [3.8, 4) is 0 Å². The molecule has 7 heteroatoms. The van der Waals surface area contributed by atoms with Gasteiger partial charge in [0.25, 0.3) is 0 Å². The van der Waals surface area contributed by atoms with Crippen molar-refractivity contribution in [2.45, 2.75) is 65.7 Å². The standard InChI is InChI=1S/C20H27N3O3S/c1-18(14(24)22-17-21-12-7-5-6-8-13(12)27-17)9-19(2)11-20(3,10-18)16(26)23(4)15(19)25/h5-11H2,1-4H3,(H,21,22,24). The Labute approximate surface area is 163 Å². The molecule has 0 aromatic carbocycles. The lowest BCUT2D eigenvalue weighted by Gasteiger charge is -2.55. The van der Waals surface area contributed by atoms with E-state index in [1.165, 1.54) is 16.2 Å². The summed E-state index contributed by atoms with van der Waals surface area (Å²) in [5, 5.41) is 3.65. The number of anilines is 1. The number of imide groups is 1. The Morgan fingerprint density at radius 1 is 1.04 bits per heavy atom. The number of aryl methyl sites for hydroxylation is 2. The average molecular weight is 390 g/mol. The van der Waals surface area contributed by atoms with E-state index in [0.29, 0.717) is 24.4 Å². The summed E-state index contributed by atoms with van der Waals surface area (Å²) in [7, 11) is 1.56. The van der Waals surface area contributed by atoms with Crippen LogP contribution >= 0.6 is 11.3 Å². The van der Waals surface area contributed by atoms with Crippen LogP contribution in [0.25, 0.3) is 0 Å². The van der Waals surface area contributed by atoms with Gasteiger partial charge in [-0.15, -0.1) is 11.3 Å². The Morgan fingerprint density at radius 3 is 2.22 bits per heavy atom. The summed E-state index contributed by atoms with van der Waals surface area (Å²) < 4.78 is 0. The molecule has 2 fully saturated rings. The Morgan fingerprint density at radius 2 is 1.63 bits per heavy atom. The van der Waals surface area contributed by atoms with Gasteiger partial charge < -0.3 is 5.32 Å². The molecule has 1 aromatic rings. The fraction of sp³-hybridized carbons (Fsp3) is 0.700. The van der Waals surface area contributed by atoms with E-state index < -0.39 is 16.2 Å². The zero-order chi connectivity index (χ0) is 19.6. The summed E-state index contributed by atoms with van der Waals surface area (Å²) in [6.07, 6.45) is 5.74. The molecule has 1 aliphatic heterocycles. The highest BCUT2D eigenvalue weighted by Gasteiger charge is 2.62. The van der Waals surface area contributed by atoms with Crippen LogP contribution in [0.4, 0.5) is 5.13 Å². The van der Waals surface area contributed by atoms with Gasteiger partial charge in [0.1, 0.15) is 0 Å². The van der Waals surface area contributed by atoms with E-state index in [0.717, 1.165) is 25.0 Å². The fourth-order valence-corrected chi connectivity index (χ4v) is 6.83. The highest BCUT2D eigenvalue weighted by atomic mass is 32.1. The van der Waals surface area contributed by atoms with E-state index in [1.807, 2.05) is 20.8 Å². The van der Waals surface area contributed by atoms with E-state index in [4.69, 9.17) is 0 Å². The van der Waals surface area contributed by atoms with E-state index in [9.17, 15) is 14.4 Å². The number of thiazole rings is 1. The van der Waals surface area contributed by atoms with Gasteiger partial charge in [0.15, 0.2) is 5.13 Å². The number of amides is 3. The molecular weight excluding hydrogens is 362 g/mol. The van der Waals surface area contributed by atoms with Crippen LogP contribution in [0.2, 0.25) is 0 Å². The molecule has 1 saturated carbocycles. The predicted octanol–water partition coefficient (Wildman–Crippen LogP) is 3.16. The van der Waals surface area contributed by atoms with E-state index >= 15 is 0 Å². The van der Waals surface area contributed by atoms with Crippen molar-refractivity contribution in [1.82, 2.24) is 9.88 Å². The first-order chi connectivity index (χ1) is 12.6. The normalized spacial score (nSPS) is 35.8. The lowest BCUT2D eigenvalue weighted by molar-refractivity contribution is -0.177. The van der Waals surface area contributed by atoms with Crippen LogP contribution in [0.5, 0.6) is 0 Å². The first-order valence-electron chi connectivity index (χ1n) is 9.69. The minimum atomic E-state index is -0.777. The number of carbonyl (C=O) groups is 3. The SMILES string of the molecule is CN1C(=O)C2(C)CC(C)(C(=O)Nc3nc4c(s3)CCCC4)CC(C)(C2)C1=O. The van der Waals surface area contributed by atoms with Gasteiger partial charge in [-0.1, -0.05) is 20.8 Å². The van der Waals surface area contributed by atoms with Crippen molar-refractivity contribution in [2.24, 2.45) is 16.2 Å². The summed E-state index contributed by atoms with van der Waals surface area (Å²) in [6, 6.07) is 0. The van der Waals surface area contributed by atoms with Gasteiger partial charge in [0, 0.05) is 28.2 Å². The van der Waals surface area contributed by atoms with Crippen molar-refractivity contribution in [3.05, 3.63) is 10.6 Å². The summed E-state index contributed by atoms with van der Waals surface area (Å²) in [4.78, 5) is 45.9. The van der Waals surface area contributed by atoms with Crippen molar-refractivity contribution in [1.29, 1.82) is 0 Å². The maximum Gasteiger partial charge on any atom is 0.234 e. The molecule has 1 aromatic heterocycles. The van der Waals surface area contributed by atoms with E-state index in [2.05, 4.69) is 10.3 Å². The molecule has 27 heavy (non-hydrogen) atoms. The van der Waals surface area contributed by atoms with Gasteiger partial charge in [0.2, 0.25) is 17.7 Å². The lowest BCUT2D eigenvalue weighted by Crippen LogP contribution is -2.63. The van der Waals surface area contributed by atoms with Gasteiger partial charge in [-0.25, -0.2) is 4.98 Å². The number of piperidine rings is 1. The van der Waals surface area contributed by atoms with Crippen LogP contribution in [0, 0.1) is 16.2 Å². The van der Waals surface area contributed by atoms with Gasteiger partial charge in [-0.3, -0.25) is 19.3 Å². The van der Waals surface area contributed by atoms with Crippen LogP contribution in [0.3, 0.4) is 0 Å². The molecule has 3 amide bonds. The van der Waals surface area contributed by atoms with Crippen LogP contribution in [-0.4, -0.2) is 34.7 Å². The van der Waals surface area contributed by atoms with Crippen LogP contribution in [-0.2, 0) is 27.2 Å². The van der Waals surface area contributed by atoms with Crippen molar-refractivity contribution in [3.63, 3.8) is 0 Å². The molecule has 3 aliphatic rings. The number of carbonyl (C=O) groups excluding carboxylic acids is 3. The minimum absolute atomic E-state index is 0.129. The predicted molar refractivity (Wildman–Crippen MR) is 103 cm³/mol. The monoisotopic (exact) mass is 389 g/mol. The molecule has 4 rings (SSSR count). The van der Waals surface area contributed by atoms with Gasteiger partial charge in [0.05, 0.1) is 5.69 Å². The zero-order valence-electron chi connectivity index (χ0n) is 16.5. The number of hydrogen-bond acceptors (Lipinski definition) is 5. The van der Waals surface area contributed by atoms with Crippen molar-refractivity contribution in [2.75, 3.05) is 12.4 Å². The van der Waals surface area contributed by atoms with Crippen molar-refractivity contribution < 1.29 is 14.4 Å². The molecule has 2 heterocycles. The maximum atomic E-state index is 13.2. The fourth-order valence-electron chi connectivity index (χ4n) is 5.79. The Balaban J connectivity index is 1.61. The zero-order valence-corrected chi connectivity index (χ0v) is 17.3. The number of fused-ring (bicyclic) bond motifs is 3. The first kappa shape index (κ1) is 18.6. The number of aromatic nitrogens is 1. The number of likely N-dealkylation sites (tertiary alicyclic amines) is 1. The second-order valence-corrected chi connectivity index (χ2v) is 10.5. The summed E-state index contributed by atoms with van der Waals surface area (Å²) in [5.41, 5.74) is -1.05. The lowest BCUT2D eigenvalue weighted by atomic mass is 9.51. The summed E-state index contributed by atoms with van der Waals surface area (Å²) in [5.74, 6) is -0.474. The molecule has 146 valence electrons. The molecule has 2 bridgehead atoms. The number of hydrogen-bond donors (Lipinski definition) is 1. The molecule has 0 spiro atoms. The molecule has 6 nitrogen and oxygen atoms in total. The largest absolute Gasteiger partial charge is 0.301 e. The molecular formula is C20H27N3O3S. The third-order valence-corrected chi connectivity index (χ3v) is 7.67. The quantitative estimate of drug-likeness (QED) is 0.788. The van der Waals surface area contributed by atoms with Gasteiger partial charge in [-0.2, -0.15) is 0 Å². The number of rotatable bonds is 2. The smallest absolute Gasteiger partial charge is 0.234 e. The Kier molecular flexibility index (Phi) is 4.04. The number of nitrogens with one attached hydrogen (secondary N) is 1. The third-order valence-electron chi connectivity index (χ3n) is 6.60. The second kappa shape index (κ2) is 5.87. The summed E-state index contributed by atoms with van der Waals surface area (Å²) >= 11 is 1.56. The van der Waals surface area contributed by atoms with Crippen LogP contribution in [0.1, 0.15) is 63.4 Å². The van der Waals surface area contributed by atoms with E-state index in [-0.39, 0.29) is 17.7 Å². The highest BCUT2D eigenvalue weighted by molar-refractivity contribution is 7.15. The highest BCUT2D eigenvalue weighted by Crippen LogP contribution is 2.58. The molecule has 0 radical (unpaired) electrons. The van der Waals surface area contributed by atoms with Gasteiger partial charge in [-0.05, 0) is 44.9 Å². The average Bonchev–Trinajstić information content (AvgIpc) is 3.00. The van der Waals surface area contributed by atoms with Gasteiger partial charge >= 0.3 is 0 Å². The van der Waals surface area contributed by atoms with Crippen molar-refractivity contribution >= 4 is 34.2 Å². The molecule has 1 N–H and O–H groups in total. The maximum absolute atomic E-state index is 13.2.